The summed E-state index contributed by atoms with van der Waals surface area (Å²) in [5.41, 5.74) is 2.87. The van der Waals surface area contributed by atoms with E-state index in [4.69, 9.17) is 4.74 Å². The van der Waals surface area contributed by atoms with E-state index in [0.717, 1.165) is 24.8 Å². The first-order chi connectivity index (χ1) is 14.5. The molecular weight excluding hydrogens is 394 g/mol. The Morgan fingerprint density at radius 2 is 1.80 bits per heavy atom. The summed E-state index contributed by atoms with van der Waals surface area (Å²) >= 11 is 1.62. The van der Waals surface area contributed by atoms with Crippen LogP contribution in [-0.4, -0.2) is 35.2 Å². The third-order valence-electron chi connectivity index (χ3n) is 5.17. The van der Waals surface area contributed by atoms with Crippen molar-refractivity contribution in [3.8, 4) is 0 Å². The summed E-state index contributed by atoms with van der Waals surface area (Å²) in [5.74, 6) is 0.356. The Hall–Kier alpha value is -2.27. The van der Waals surface area contributed by atoms with Crippen LogP contribution in [0.3, 0.4) is 0 Å². The van der Waals surface area contributed by atoms with Crippen LogP contribution in [0.15, 0.2) is 54.6 Å². The number of aryl methyl sites for hydroxylation is 1. The Kier molecular flexibility index (Phi) is 7.97. The van der Waals surface area contributed by atoms with Gasteiger partial charge in [-0.05, 0) is 42.0 Å². The molecule has 1 aliphatic heterocycles. The van der Waals surface area contributed by atoms with Crippen LogP contribution < -0.4 is 0 Å². The molecule has 0 spiro atoms. The number of ether oxygens (including phenoxy) is 1. The maximum atomic E-state index is 13.5. The smallest absolute Gasteiger partial charge is 0.329 e. The molecule has 1 aliphatic rings. The number of hydrogen-bond donors (Lipinski definition) is 0. The second-order valence-corrected chi connectivity index (χ2v) is 9.26. The molecule has 0 N–H and O–H groups in total. The van der Waals surface area contributed by atoms with Crippen molar-refractivity contribution in [2.75, 3.05) is 12.4 Å². The number of unbranched alkanes of at least 4 members (excludes halogenated alkanes) is 1. The molecule has 160 valence electrons. The minimum absolute atomic E-state index is 0.123. The van der Waals surface area contributed by atoms with Gasteiger partial charge in [-0.2, -0.15) is 0 Å². The number of benzene rings is 2. The SMILES string of the molecule is CCCCc1ccc(C(=O)N2C(C(=O)OCC(C)C)CSC2c2ccccc2)cc1. The van der Waals surface area contributed by atoms with Crippen LogP contribution in [-0.2, 0) is 16.0 Å². The topological polar surface area (TPSA) is 46.6 Å². The fourth-order valence-corrected chi connectivity index (χ4v) is 4.91. The van der Waals surface area contributed by atoms with Gasteiger partial charge in [0.1, 0.15) is 11.4 Å². The third-order valence-corrected chi connectivity index (χ3v) is 6.49. The lowest BCUT2D eigenvalue weighted by Crippen LogP contribution is -2.44. The Balaban J connectivity index is 1.85. The van der Waals surface area contributed by atoms with E-state index in [9.17, 15) is 9.59 Å². The quantitative estimate of drug-likeness (QED) is 0.525. The minimum atomic E-state index is -0.578. The molecule has 0 saturated carbocycles. The third kappa shape index (κ3) is 5.45. The van der Waals surface area contributed by atoms with E-state index in [1.54, 1.807) is 16.7 Å². The number of hydrogen-bond acceptors (Lipinski definition) is 4. The molecule has 0 radical (unpaired) electrons. The van der Waals surface area contributed by atoms with Gasteiger partial charge in [-0.25, -0.2) is 4.79 Å². The number of amides is 1. The van der Waals surface area contributed by atoms with Crippen molar-refractivity contribution in [2.45, 2.75) is 51.4 Å². The first-order valence-electron chi connectivity index (χ1n) is 10.8. The molecule has 2 atom stereocenters. The van der Waals surface area contributed by atoms with Gasteiger partial charge in [0, 0.05) is 11.3 Å². The number of nitrogens with zero attached hydrogens (tertiary/aromatic N) is 1. The lowest BCUT2D eigenvalue weighted by atomic mass is 10.0. The summed E-state index contributed by atoms with van der Waals surface area (Å²) in [5, 5.41) is -0.199. The average Bonchev–Trinajstić information content (AvgIpc) is 3.21. The average molecular weight is 426 g/mol. The number of carbonyl (C=O) groups is 2. The summed E-state index contributed by atoms with van der Waals surface area (Å²) in [7, 11) is 0. The normalized spacial score (nSPS) is 18.6. The molecule has 0 bridgehead atoms. The van der Waals surface area contributed by atoms with Crippen molar-refractivity contribution in [3.05, 3.63) is 71.3 Å². The minimum Gasteiger partial charge on any atom is -0.464 e. The van der Waals surface area contributed by atoms with Crippen molar-refractivity contribution in [3.63, 3.8) is 0 Å². The van der Waals surface area contributed by atoms with Gasteiger partial charge in [-0.15, -0.1) is 11.8 Å². The summed E-state index contributed by atoms with van der Waals surface area (Å²) < 4.78 is 5.51. The van der Waals surface area contributed by atoms with E-state index in [-0.39, 0.29) is 23.2 Å². The van der Waals surface area contributed by atoms with Crippen LogP contribution in [0, 0.1) is 5.92 Å². The number of carbonyl (C=O) groups excluding carboxylic acids is 2. The second kappa shape index (κ2) is 10.7. The Bertz CT molecular complexity index is 835. The zero-order valence-electron chi connectivity index (χ0n) is 18.0. The maximum absolute atomic E-state index is 13.5. The molecule has 0 aromatic heterocycles. The van der Waals surface area contributed by atoms with Crippen LogP contribution >= 0.6 is 11.8 Å². The lowest BCUT2D eigenvalue weighted by molar-refractivity contribution is -0.149. The molecule has 4 nitrogen and oxygen atoms in total. The van der Waals surface area contributed by atoms with Gasteiger partial charge in [0.2, 0.25) is 0 Å². The van der Waals surface area contributed by atoms with Crippen molar-refractivity contribution in [1.82, 2.24) is 4.90 Å². The van der Waals surface area contributed by atoms with Crippen LogP contribution in [0.5, 0.6) is 0 Å². The van der Waals surface area contributed by atoms with Crippen molar-refractivity contribution in [2.24, 2.45) is 5.92 Å². The van der Waals surface area contributed by atoms with E-state index in [0.29, 0.717) is 17.9 Å². The van der Waals surface area contributed by atoms with E-state index < -0.39 is 6.04 Å². The number of thioether (sulfide) groups is 1. The second-order valence-electron chi connectivity index (χ2n) is 8.15. The van der Waals surface area contributed by atoms with Gasteiger partial charge in [-0.1, -0.05) is 69.7 Å². The summed E-state index contributed by atoms with van der Waals surface area (Å²) in [6.07, 6.45) is 3.29. The van der Waals surface area contributed by atoms with Crippen LogP contribution in [0.1, 0.15) is 60.5 Å². The fourth-order valence-electron chi connectivity index (χ4n) is 3.50. The zero-order valence-corrected chi connectivity index (χ0v) is 18.9. The molecule has 2 unspecified atom stereocenters. The zero-order chi connectivity index (χ0) is 21.5. The standard InChI is InChI=1S/C25H31NO3S/c1-4-5-9-19-12-14-20(15-13-19)23(27)26-22(25(28)29-16-18(2)3)17-30-24(26)21-10-7-6-8-11-21/h6-8,10-15,18,22,24H,4-5,9,16-17H2,1-3H3. The summed E-state index contributed by atoms with van der Waals surface area (Å²) in [4.78, 5) is 28.0. The molecule has 0 aliphatic carbocycles. The van der Waals surface area contributed by atoms with Gasteiger partial charge < -0.3 is 9.64 Å². The predicted molar refractivity (Wildman–Crippen MR) is 122 cm³/mol. The molecule has 30 heavy (non-hydrogen) atoms. The first kappa shape index (κ1) is 22.4. The van der Waals surface area contributed by atoms with E-state index in [1.807, 2.05) is 68.4 Å². The number of rotatable bonds is 8. The molecule has 1 amide bonds. The van der Waals surface area contributed by atoms with Crippen LogP contribution in [0.4, 0.5) is 0 Å². The van der Waals surface area contributed by atoms with Gasteiger partial charge in [0.25, 0.3) is 5.91 Å². The van der Waals surface area contributed by atoms with E-state index in [2.05, 4.69) is 6.92 Å². The van der Waals surface area contributed by atoms with Crippen molar-refractivity contribution < 1.29 is 14.3 Å². The largest absolute Gasteiger partial charge is 0.464 e. The van der Waals surface area contributed by atoms with Gasteiger partial charge in [-0.3, -0.25) is 4.79 Å². The molecule has 1 heterocycles. The highest BCUT2D eigenvalue weighted by atomic mass is 32.2. The molecule has 5 heteroatoms. The van der Waals surface area contributed by atoms with Crippen LogP contribution in [0.25, 0.3) is 0 Å². The van der Waals surface area contributed by atoms with Gasteiger partial charge in [0.15, 0.2) is 0 Å². The summed E-state index contributed by atoms with van der Waals surface area (Å²) in [6.45, 7) is 6.55. The fraction of sp³-hybridized carbons (Fsp3) is 0.440. The maximum Gasteiger partial charge on any atom is 0.329 e. The van der Waals surface area contributed by atoms with Gasteiger partial charge >= 0.3 is 5.97 Å². The Labute approximate surface area is 184 Å². The molecule has 2 aromatic carbocycles. The van der Waals surface area contributed by atoms with Gasteiger partial charge in [0.05, 0.1) is 6.61 Å². The summed E-state index contributed by atoms with van der Waals surface area (Å²) in [6, 6.07) is 17.1. The highest BCUT2D eigenvalue weighted by Gasteiger charge is 2.43. The van der Waals surface area contributed by atoms with Crippen molar-refractivity contribution >= 4 is 23.6 Å². The highest BCUT2D eigenvalue weighted by molar-refractivity contribution is 7.99. The predicted octanol–water partition coefficient (Wildman–Crippen LogP) is 5.48. The monoisotopic (exact) mass is 425 g/mol. The molecule has 1 saturated heterocycles. The molecule has 1 fully saturated rings. The molecular formula is C25H31NO3S. The van der Waals surface area contributed by atoms with E-state index >= 15 is 0 Å². The van der Waals surface area contributed by atoms with Crippen molar-refractivity contribution in [1.29, 1.82) is 0 Å². The number of esters is 1. The Morgan fingerprint density at radius 1 is 1.10 bits per heavy atom. The van der Waals surface area contributed by atoms with Crippen LogP contribution in [0.2, 0.25) is 0 Å². The molecule has 2 aromatic rings. The Morgan fingerprint density at radius 3 is 2.43 bits per heavy atom. The molecule has 3 rings (SSSR count). The lowest BCUT2D eigenvalue weighted by Gasteiger charge is -2.29. The first-order valence-corrected chi connectivity index (χ1v) is 11.8. The van der Waals surface area contributed by atoms with E-state index in [1.165, 1.54) is 5.56 Å². The highest BCUT2D eigenvalue weighted by Crippen LogP contribution is 2.42.